The van der Waals surface area contributed by atoms with E-state index in [0.29, 0.717) is 5.56 Å². The van der Waals surface area contributed by atoms with Gasteiger partial charge in [-0.25, -0.2) is 4.98 Å². The van der Waals surface area contributed by atoms with Crippen LogP contribution in [-0.2, 0) is 19.1 Å². The standard InChI is InChI=1S/C16H13F3N2O/c1-3-10-21-14(11-8-6-5-7-9-11)20-13(16(17,18)19)12(4-2)15(21)22/h1,5-9H,4,10H2,2H3. The average Bonchev–Trinajstić information content (AvgIpc) is 2.48. The van der Waals surface area contributed by atoms with Crippen LogP contribution in [0.25, 0.3) is 11.4 Å². The van der Waals surface area contributed by atoms with Crippen LogP contribution in [0.15, 0.2) is 35.1 Å². The fourth-order valence-corrected chi connectivity index (χ4v) is 2.19. The third-order valence-corrected chi connectivity index (χ3v) is 3.17. The second-order valence-electron chi connectivity index (χ2n) is 4.58. The maximum absolute atomic E-state index is 13.2. The largest absolute Gasteiger partial charge is 0.433 e. The van der Waals surface area contributed by atoms with E-state index in [-0.39, 0.29) is 24.4 Å². The highest BCUT2D eigenvalue weighted by Gasteiger charge is 2.37. The second kappa shape index (κ2) is 6.06. The molecule has 0 amide bonds. The number of halogens is 3. The molecule has 0 N–H and O–H groups in total. The Morgan fingerprint density at radius 2 is 1.91 bits per heavy atom. The first-order chi connectivity index (χ1) is 10.4. The number of hydrogen-bond acceptors (Lipinski definition) is 2. The van der Waals surface area contributed by atoms with Gasteiger partial charge in [-0.3, -0.25) is 9.36 Å². The molecular formula is C16H13F3N2O. The monoisotopic (exact) mass is 306 g/mol. The normalized spacial score (nSPS) is 11.2. The minimum atomic E-state index is -4.69. The first-order valence-corrected chi connectivity index (χ1v) is 6.60. The van der Waals surface area contributed by atoms with Crippen molar-refractivity contribution in [2.75, 3.05) is 0 Å². The summed E-state index contributed by atoms with van der Waals surface area (Å²) in [4.78, 5) is 16.1. The van der Waals surface area contributed by atoms with Crippen molar-refractivity contribution < 1.29 is 13.2 Å². The highest BCUT2D eigenvalue weighted by Crippen LogP contribution is 2.31. The van der Waals surface area contributed by atoms with Gasteiger partial charge in [-0.1, -0.05) is 43.2 Å². The Morgan fingerprint density at radius 3 is 2.41 bits per heavy atom. The Kier molecular flexibility index (Phi) is 4.36. The molecule has 1 aromatic carbocycles. The number of terminal acetylenes is 1. The molecule has 1 heterocycles. The van der Waals surface area contributed by atoms with Crippen LogP contribution in [0.1, 0.15) is 18.2 Å². The molecule has 0 unspecified atom stereocenters. The molecule has 1 aromatic heterocycles. The Hall–Kier alpha value is -2.55. The zero-order chi connectivity index (χ0) is 16.3. The van der Waals surface area contributed by atoms with Gasteiger partial charge in [-0.15, -0.1) is 6.42 Å². The molecular weight excluding hydrogens is 293 g/mol. The minimum absolute atomic E-state index is 0.0691. The third-order valence-electron chi connectivity index (χ3n) is 3.17. The van der Waals surface area contributed by atoms with E-state index in [1.54, 1.807) is 30.3 Å². The number of benzene rings is 1. The highest BCUT2D eigenvalue weighted by atomic mass is 19.4. The van der Waals surface area contributed by atoms with Crippen molar-refractivity contribution in [1.29, 1.82) is 0 Å². The van der Waals surface area contributed by atoms with Gasteiger partial charge in [0.25, 0.3) is 5.56 Å². The fraction of sp³-hybridized carbons (Fsp3) is 0.250. The van der Waals surface area contributed by atoms with Gasteiger partial charge in [0.05, 0.1) is 6.54 Å². The van der Waals surface area contributed by atoms with Gasteiger partial charge in [-0.2, -0.15) is 13.2 Å². The molecule has 0 atom stereocenters. The number of alkyl halides is 3. The Labute approximate surface area is 125 Å². The van der Waals surface area contributed by atoms with Crippen molar-refractivity contribution in [3.8, 4) is 23.7 Å². The summed E-state index contributed by atoms with van der Waals surface area (Å²) in [5.74, 6) is 2.21. The minimum Gasteiger partial charge on any atom is -0.281 e. The molecule has 0 spiro atoms. The van der Waals surface area contributed by atoms with Crippen molar-refractivity contribution in [2.45, 2.75) is 26.1 Å². The molecule has 0 bridgehead atoms. The molecule has 0 saturated heterocycles. The van der Waals surface area contributed by atoms with E-state index in [4.69, 9.17) is 6.42 Å². The van der Waals surface area contributed by atoms with E-state index in [9.17, 15) is 18.0 Å². The van der Waals surface area contributed by atoms with Crippen LogP contribution in [-0.4, -0.2) is 9.55 Å². The number of rotatable bonds is 3. The molecule has 0 aliphatic heterocycles. The molecule has 2 aromatic rings. The Bertz CT molecular complexity index is 771. The van der Waals surface area contributed by atoms with E-state index in [0.717, 1.165) is 4.57 Å². The number of aromatic nitrogens is 2. The smallest absolute Gasteiger partial charge is 0.281 e. The summed E-state index contributed by atoms with van der Waals surface area (Å²) in [6, 6.07) is 8.20. The van der Waals surface area contributed by atoms with Gasteiger partial charge in [-0.05, 0) is 6.42 Å². The van der Waals surface area contributed by atoms with Crippen molar-refractivity contribution in [3.63, 3.8) is 0 Å². The molecule has 0 aliphatic carbocycles. The van der Waals surface area contributed by atoms with Crippen LogP contribution in [0, 0.1) is 12.3 Å². The quantitative estimate of drug-likeness (QED) is 0.817. The lowest BCUT2D eigenvalue weighted by Crippen LogP contribution is -2.31. The summed E-state index contributed by atoms with van der Waals surface area (Å²) in [5.41, 5.74) is -1.86. The summed E-state index contributed by atoms with van der Waals surface area (Å²) < 4.78 is 40.6. The van der Waals surface area contributed by atoms with Gasteiger partial charge < -0.3 is 0 Å². The SMILES string of the molecule is C#CCn1c(-c2ccccc2)nc(C(F)(F)F)c(CC)c1=O. The van der Waals surface area contributed by atoms with E-state index >= 15 is 0 Å². The van der Waals surface area contributed by atoms with E-state index in [2.05, 4.69) is 10.9 Å². The van der Waals surface area contributed by atoms with Gasteiger partial charge in [0.1, 0.15) is 5.82 Å². The highest BCUT2D eigenvalue weighted by molar-refractivity contribution is 5.56. The topological polar surface area (TPSA) is 34.9 Å². The molecule has 6 heteroatoms. The van der Waals surface area contributed by atoms with Crippen LogP contribution in [0.2, 0.25) is 0 Å². The third kappa shape index (κ3) is 2.89. The summed E-state index contributed by atoms with van der Waals surface area (Å²) in [5, 5.41) is 0. The Balaban J connectivity index is 2.85. The maximum Gasteiger partial charge on any atom is 0.433 e. The molecule has 0 radical (unpaired) electrons. The van der Waals surface area contributed by atoms with E-state index in [1.165, 1.54) is 6.92 Å². The molecule has 0 fully saturated rings. The summed E-state index contributed by atoms with van der Waals surface area (Å²) in [7, 11) is 0. The van der Waals surface area contributed by atoms with Gasteiger partial charge in [0.15, 0.2) is 5.69 Å². The lowest BCUT2D eigenvalue weighted by atomic mass is 10.1. The van der Waals surface area contributed by atoms with Crippen molar-refractivity contribution in [3.05, 3.63) is 51.9 Å². The molecule has 3 nitrogen and oxygen atoms in total. The van der Waals surface area contributed by atoms with Gasteiger partial charge in [0, 0.05) is 11.1 Å². The molecule has 2 rings (SSSR count). The molecule has 114 valence electrons. The van der Waals surface area contributed by atoms with Crippen LogP contribution in [0.4, 0.5) is 13.2 Å². The molecule has 22 heavy (non-hydrogen) atoms. The van der Waals surface area contributed by atoms with Crippen molar-refractivity contribution >= 4 is 0 Å². The van der Waals surface area contributed by atoms with Crippen LogP contribution in [0.5, 0.6) is 0 Å². The maximum atomic E-state index is 13.2. The van der Waals surface area contributed by atoms with Crippen LogP contribution >= 0.6 is 0 Å². The van der Waals surface area contributed by atoms with E-state index in [1.807, 2.05) is 0 Å². The number of nitrogens with zero attached hydrogens (tertiary/aromatic N) is 2. The predicted molar refractivity (Wildman–Crippen MR) is 77.1 cm³/mol. The van der Waals surface area contributed by atoms with Gasteiger partial charge >= 0.3 is 6.18 Å². The number of hydrogen-bond donors (Lipinski definition) is 0. The first-order valence-electron chi connectivity index (χ1n) is 6.60. The van der Waals surface area contributed by atoms with Crippen LogP contribution < -0.4 is 5.56 Å². The summed E-state index contributed by atoms with van der Waals surface area (Å²) >= 11 is 0. The lowest BCUT2D eigenvalue weighted by molar-refractivity contribution is -0.142. The predicted octanol–water partition coefficient (Wildman–Crippen LogP) is 3.12. The summed E-state index contributed by atoms with van der Waals surface area (Å²) in [6.07, 6.45) is 0.472. The summed E-state index contributed by atoms with van der Waals surface area (Å²) in [6.45, 7) is 1.34. The van der Waals surface area contributed by atoms with Crippen LogP contribution in [0.3, 0.4) is 0 Å². The molecule has 0 saturated carbocycles. The lowest BCUT2D eigenvalue weighted by Gasteiger charge is -2.16. The van der Waals surface area contributed by atoms with Crippen molar-refractivity contribution in [2.24, 2.45) is 0 Å². The first kappa shape index (κ1) is 15.8. The zero-order valence-electron chi connectivity index (χ0n) is 11.8. The molecule has 0 aliphatic rings. The van der Waals surface area contributed by atoms with Crippen molar-refractivity contribution in [1.82, 2.24) is 9.55 Å². The fourth-order valence-electron chi connectivity index (χ4n) is 2.19. The second-order valence-corrected chi connectivity index (χ2v) is 4.58. The Morgan fingerprint density at radius 1 is 1.27 bits per heavy atom. The average molecular weight is 306 g/mol. The zero-order valence-corrected chi connectivity index (χ0v) is 11.8. The van der Waals surface area contributed by atoms with E-state index < -0.39 is 17.4 Å². The van der Waals surface area contributed by atoms with Gasteiger partial charge in [0.2, 0.25) is 0 Å².